The molecule has 0 amide bonds. The average molecular weight is 165 g/mol. The monoisotopic (exact) mass is 165 g/mol. The van der Waals surface area contributed by atoms with Crippen molar-refractivity contribution in [3.8, 4) is 0 Å². The molecule has 68 valence electrons. The quantitative estimate of drug-likeness (QED) is 0.593. The fourth-order valence-electron chi connectivity index (χ4n) is 3.25. The summed E-state index contributed by atoms with van der Waals surface area (Å²) in [6.07, 6.45) is 3.95. The van der Waals surface area contributed by atoms with Crippen LogP contribution in [0.5, 0.6) is 0 Å². The summed E-state index contributed by atoms with van der Waals surface area (Å²) >= 11 is 0. The van der Waals surface area contributed by atoms with Crippen LogP contribution in [0.25, 0.3) is 0 Å². The number of hydrogen-bond donors (Lipinski definition) is 1. The molecule has 2 fully saturated rings. The molecule has 0 heterocycles. The zero-order chi connectivity index (χ0) is 8.98. The lowest BCUT2D eigenvalue weighted by atomic mass is 9.68. The topological polar surface area (TPSA) is 26.0 Å². The molecule has 0 aromatic heterocycles. The minimum Gasteiger partial charge on any atom is -0.330 e. The number of hydrogen-bond acceptors (Lipinski definition) is 1. The minimum absolute atomic E-state index is 0.328. The van der Waals surface area contributed by atoms with E-state index in [0.717, 1.165) is 12.5 Å². The second-order valence-corrected chi connectivity index (χ2v) is 5.12. The van der Waals surface area contributed by atoms with Crippen molar-refractivity contribution in [3.63, 3.8) is 0 Å². The van der Waals surface area contributed by atoms with Gasteiger partial charge < -0.3 is 5.73 Å². The zero-order valence-corrected chi connectivity index (χ0v) is 8.19. The van der Waals surface area contributed by atoms with Gasteiger partial charge >= 0.3 is 0 Å². The van der Waals surface area contributed by atoms with Crippen LogP contribution < -0.4 is 5.73 Å². The van der Waals surface area contributed by atoms with E-state index in [0.29, 0.717) is 10.8 Å². The molecule has 2 saturated carbocycles. The van der Waals surface area contributed by atoms with Gasteiger partial charge in [-0.15, -0.1) is 0 Å². The maximum Gasteiger partial charge on any atom is 0.00403 e. The molecule has 0 spiro atoms. The van der Waals surface area contributed by atoms with Crippen molar-refractivity contribution in [1.29, 1.82) is 0 Å². The van der Waals surface area contributed by atoms with Gasteiger partial charge in [0, 0.05) is 12.0 Å². The largest absolute Gasteiger partial charge is 0.330 e. The Bertz CT molecular complexity index is 229. The summed E-state index contributed by atoms with van der Waals surface area (Å²) in [6.45, 7) is 9.72. The van der Waals surface area contributed by atoms with Gasteiger partial charge in [0.1, 0.15) is 0 Å². The number of nitrogens with two attached hydrogens (primary N) is 1. The summed E-state index contributed by atoms with van der Waals surface area (Å²) in [5.41, 5.74) is 7.97. The van der Waals surface area contributed by atoms with Gasteiger partial charge in [-0.1, -0.05) is 26.0 Å². The molecule has 2 aliphatic carbocycles. The van der Waals surface area contributed by atoms with E-state index in [1.54, 1.807) is 0 Å². The van der Waals surface area contributed by atoms with Crippen molar-refractivity contribution in [2.24, 2.45) is 22.5 Å². The SMILES string of the molecule is C=C1C2(CN)CCC(C2)C1(C)C. The first-order valence-corrected chi connectivity index (χ1v) is 4.93. The lowest BCUT2D eigenvalue weighted by Crippen LogP contribution is -2.32. The second-order valence-electron chi connectivity index (χ2n) is 5.12. The average Bonchev–Trinajstić information content (AvgIpc) is 2.53. The van der Waals surface area contributed by atoms with Crippen LogP contribution in [0, 0.1) is 16.7 Å². The number of rotatable bonds is 1. The highest BCUT2D eigenvalue weighted by molar-refractivity contribution is 5.30. The fourth-order valence-corrected chi connectivity index (χ4v) is 3.25. The maximum atomic E-state index is 5.86. The molecule has 0 aromatic rings. The summed E-state index contributed by atoms with van der Waals surface area (Å²) in [5, 5.41) is 0. The fraction of sp³-hybridized carbons (Fsp3) is 0.818. The Kier molecular flexibility index (Phi) is 1.48. The Labute approximate surface area is 75.0 Å². The van der Waals surface area contributed by atoms with E-state index in [2.05, 4.69) is 20.4 Å². The molecular formula is C11H19N. The summed E-state index contributed by atoms with van der Waals surface area (Å²) in [5.74, 6) is 0.855. The minimum atomic E-state index is 0.328. The standard InChI is InChI=1S/C11H19N/c1-8-10(2,3)9-4-5-11(8,6-9)7-12/h9H,1,4-7,12H2,2-3H3. The maximum absolute atomic E-state index is 5.86. The van der Waals surface area contributed by atoms with Gasteiger partial charge in [0.15, 0.2) is 0 Å². The predicted molar refractivity (Wildman–Crippen MR) is 51.7 cm³/mol. The van der Waals surface area contributed by atoms with E-state index in [9.17, 15) is 0 Å². The molecular weight excluding hydrogens is 146 g/mol. The smallest absolute Gasteiger partial charge is 0.00403 e. The van der Waals surface area contributed by atoms with Crippen molar-refractivity contribution in [2.75, 3.05) is 6.54 Å². The zero-order valence-electron chi connectivity index (χ0n) is 8.19. The summed E-state index contributed by atoms with van der Waals surface area (Å²) in [7, 11) is 0. The Morgan fingerprint density at radius 2 is 2.25 bits per heavy atom. The second kappa shape index (κ2) is 2.14. The molecule has 1 heteroatoms. The van der Waals surface area contributed by atoms with Gasteiger partial charge in [-0.2, -0.15) is 0 Å². The highest BCUT2D eigenvalue weighted by atomic mass is 14.7. The molecule has 2 rings (SSSR count). The highest BCUT2D eigenvalue weighted by Gasteiger charge is 2.56. The first kappa shape index (κ1) is 8.31. The van der Waals surface area contributed by atoms with Gasteiger partial charge in [-0.25, -0.2) is 0 Å². The van der Waals surface area contributed by atoms with Gasteiger partial charge in [0.05, 0.1) is 0 Å². The summed E-state index contributed by atoms with van der Waals surface area (Å²) in [4.78, 5) is 0. The van der Waals surface area contributed by atoms with E-state index in [1.807, 2.05) is 0 Å². The van der Waals surface area contributed by atoms with E-state index >= 15 is 0 Å². The Balaban J connectivity index is 2.38. The van der Waals surface area contributed by atoms with Crippen molar-refractivity contribution in [2.45, 2.75) is 33.1 Å². The molecule has 2 N–H and O–H groups in total. The van der Waals surface area contributed by atoms with Crippen LogP contribution in [-0.4, -0.2) is 6.54 Å². The molecule has 2 bridgehead atoms. The lowest BCUT2D eigenvalue weighted by molar-refractivity contribution is 0.271. The molecule has 2 unspecified atom stereocenters. The molecule has 2 atom stereocenters. The van der Waals surface area contributed by atoms with Crippen LogP contribution in [-0.2, 0) is 0 Å². The van der Waals surface area contributed by atoms with Crippen molar-refractivity contribution >= 4 is 0 Å². The van der Waals surface area contributed by atoms with E-state index in [4.69, 9.17) is 5.73 Å². The first-order valence-electron chi connectivity index (χ1n) is 4.93. The Morgan fingerprint density at radius 1 is 1.58 bits per heavy atom. The van der Waals surface area contributed by atoms with Crippen LogP contribution in [0.2, 0.25) is 0 Å². The molecule has 0 aliphatic heterocycles. The van der Waals surface area contributed by atoms with Crippen molar-refractivity contribution in [3.05, 3.63) is 12.2 Å². The molecule has 0 radical (unpaired) electrons. The molecule has 12 heavy (non-hydrogen) atoms. The summed E-state index contributed by atoms with van der Waals surface area (Å²) < 4.78 is 0. The van der Waals surface area contributed by atoms with E-state index in [1.165, 1.54) is 24.8 Å². The molecule has 2 aliphatic rings. The Morgan fingerprint density at radius 3 is 2.58 bits per heavy atom. The third-order valence-corrected chi connectivity index (χ3v) is 4.44. The lowest BCUT2D eigenvalue weighted by Gasteiger charge is -2.37. The van der Waals surface area contributed by atoms with Crippen LogP contribution in [0.15, 0.2) is 12.2 Å². The van der Waals surface area contributed by atoms with Gasteiger partial charge in [0.25, 0.3) is 0 Å². The van der Waals surface area contributed by atoms with Crippen molar-refractivity contribution < 1.29 is 0 Å². The first-order chi connectivity index (χ1) is 5.53. The van der Waals surface area contributed by atoms with Gasteiger partial charge in [-0.05, 0) is 30.6 Å². The third-order valence-electron chi connectivity index (χ3n) is 4.44. The molecule has 1 nitrogen and oxygen atoms in total. The molecule has 0 aromatic carbocycles. The van der Waals surface area contributed by atoms with Crippen LogP contribution >= 0.6 is 0 Å². The van der Waals surface area contributed by atoms with Crippen LogP contribution in [0.3, 0.4) is 0 Å². The normalized spacial score (nSPS) is 43.9. The predicted octanol–water partition coefficient (Wildman–Crippen LogP) is 2.33. The third kappa shape index (κ3) is 0.731. The van der Waals surface area contributed by atoms with E-state index in [-0.39, 0.29) is 0 Å². The van der Waals surface area contributed by atoms with Crippen molar-refractivity contribution in [1.82, 2.24) is 0 Å². The van der Waals surface area contributed by atoms with Gasteiger partial charge in [0.2, 0.25) is 0 Å². The van der Waals surface area contributed by atoms with Crippen LogP contribution in [0.4, 0.5) is 0 Å². The highest BCUT2D eigenvalue weighted by Crippen LogP contribution is 2.64. The van der Waals surface area contributed by atoms with Gasteiger partial charge in [-0.3, -0.25) is 0 Å². The van der Waals surface area contributed by atoms with E-state index < -0.39 is 0 Å². The Hall–Kier alpha value is -0.300. The van der Waals surface area contributed by atoms with Crippen LogP contribution in [0.1, 0.15) is 33.1 Å². The molecule has 0 saturated heterocycles. The summed E-state index contributed by atoms with van der Waals surface area (Å²) in [6, 6.07) is 0. The number of fused-ring (bicyclic) bond motifs is 2.